The lowest BCUT2D eigenvalue weighted by Crippen LogP contribution is -2.18. The summed E-state index contributed by atoms with van der Waals surface area (Å²) in [6.07, 6.45) is 5.41. The molecule has 0 atom stereocenters. The third kappa shape index (κ3) is 4.80. The van der Waals surface area contributed by atoms with Gasteiger partial charge in [-0.1, -0.05) is 30.3 Å². The molecule has 0 bridgehead atoms. The van der Waals surface area contributed by atoms with Gasteiger partial charge in [0.15, 0.2) is 0 Å². The Morgan fingerprint density at radius 2 is 1.85 bits per heavy atom. The van der Waals surface area contributed by atoms with Crippen molar-refractivity contribution in [3.05, 3.63) is 83.7 Å². The lowest BCUT2D eigenvalue weighted by atomic mass is 9.93. The number of nitrogens with two attached hydrogens (primary N) is 1. The average Bonchev–Trinajstić information content (AvgIpc) is 3.25. The van der Waals surface area contributed by atoms with E-state index in [1.807, 2.05) is 38.1 Å². The van der Waals surface area contributed by atoms with Gasteiger partial charge in [0.2, 0.25) is 0 Å². The van der Waals surface area contributed by atoms with Crippen LogP contribution >= 0.6 is 0 Å². The Morgan fingerprint density at radius 1 is 1.05 bits per heavy atom. The smallest absolute Gasteiger partial charge is 0.310 e. The van der Waals surface area contributed by atoms with Crippen LogP contribution in [0.15, 0.2) is 66.9 Å². The maximum atomic E-state index is 12.3. The van der Waals surface area contributed by atoms with E-state index in [-0.39, 0.29) is 12.4 Å². The van der Waals surface area contributed by atoms with E-state index in [1.54, 1.807) is 6.20 Å². The lowest BCUT2D eigenvalue weighted by Gasteiger charge is -2.26. The third-order valence-corrected chi connectivity index (χ3v) is 7.69. The van der Waals surface area contributed by atoms with Gasteiger partial charge >= 0.3 is 5.97 Å². The van der Waals surface area contributed by atoms with E-state index in [0.29, 0.717) is 30.8 Å². The number of rotatable bonds is 8. The molecule has 2 heterocycles. The van der Waals surface area contributed by atoms with Crippen LogP contribution in [0.5, 0.6) is 5.75 Å². The zero-order valence-corrected chi connectivity index (χ0v) is 22.3. The summed E-state index contributed by atoms with van der Waals surface area (Å²) in [5, 5.41) is 8.11. The van der Waals surface area contributed by atoms with Crippen LogP contribution in [0.3, 0.4) is 0 Å². The molecule has 7 nitrogen and oxygen atoms in total. The van der Waals surface area contributed by atoms with Crippen molar-refractivity contribution in [2.75, 3.05) is 12.3 Å². The van der Waals surface area contributed by atoms with E-state index in [0.717, 1.165) is 62.5 Å². The van der Waals surface area contributed by atoms with E-state index >= 15 is 0 Å². The van der Waals surface area contributed by atoms with Crippen LogP contribution in [0, 0.1) is 6.92 Å². The number of nitrogens with zero attached hydrogens (tertiary/aromatic N) is 3. The maximum Gasteiger partial charge on any atom is 0.310 e. The highest BCUT2D eigenvalue weighted by Crippen LogP contribution is 2.37. The first kappa shape index (κ1) is 24.9. The van der Waals surface area contributed by atoms with Gasteiger partial charge in [-0.15, -0.1) is 0 Å². The molecule has 6 rings (SSSR count). The van der Waals surface area contributed by atoms with Gasteiger partial charge in [0.05, 0.1) is 24.6 Å². The van der Waals surface area contributed by atoms with Crippen molar-refractivity contribution in [1.82, 2.24) is 14.8 Å². The summed E-state index contributed by atoms with van der Waals surface area (Å²) in [5.41, 5.74) is 12.2. The highest BCUT2D eigenvalue weighted by Gasteiger charge is 2.24. The fourth-order valence-electron chi connectivity index (χ4n) is 5.31. The molecule has 5 aromatic rings. The second-order valence-corrected chi connectivity index (χ2v) is 10.2. The molecule has 0 spiro atoms. The van der Waals surface area contributed by atoms with Gasteiger partial charge in [0.1, 0.15) is 23.9 Å². The fraction of sp³-hybridized carbons (Fsp3) is 0.281. The van der Waals surface area contributed by atoms with E-state index in [1.165, 1.54) is 6.42 Å². The SMILES string of the molecule is CCOC(=O)Cc1c(C)cccc1OCc1nn(C2CCC2)c2ccc(-c3ccc4ccnc(N)c4c3)cc12. The molecule has 0 saturated heterocycles. The predicted molar refractivity (Wildman–Crippen MR) is 154 cm³/mol. The minimum atomic E-state index is -0.257. The number of esters is 1. The number of fused-ring (bicyclic) bond motifs is 2. The standard InChI is InChI=1S/C32H32N4O3/c1-3-38-31(37)18-25-20(2)6-4-9-30(25)39-19-28-27-17-23(12-13-29(27)36(35-28)24-7-5-8-24)22-11-10-21-14-15-34-32(33)26(21)16-22/h4,6,9-17,24H,3,5,7-8,18-19H2,1-2H3,(H2,33,34). The number of nitrogen functional groups attached to an aromatic ring is 1. The molecule has 7 heteroatoms. The molecule has 1 aliphatic carbocycles. The summed E-state index contributed by atoms with van der Waals surface area (Å²) in [6.45, 7) is 4.46. The topological polar surface area (TPSA) is 92.3 Å². The molecule has 2 aromatic heterocycles. The summed E-state index contributed by atoms with van der Waals surface area (Å²) in [5.74, 6) is 0.953. The number of hydrogen-bond donors (Lipinski definition) is 1. The van der Waals surface area contributed by atoms with Crippen molar-refractivity contribution in [3.8, 4) is 16.9 Å². The summed E-state index contributed by atoms with van der Waals surface area (Å²) in [4.78, 5) is 16.5. The minimum Gasteiger partial charge on any atom is -0.487 e. The van der Waals surface area contributed by atoms with Crippen molar-refractivity contribution in [3.63, 3.8) is 0 Å². The quantitative estimate of drug-likeness (QED) is 0.233. The molecule has 0 unspecified atom stereocenters. The number of hydrogen-bond acceptors (Lipinski definition) is 6. The molecular weight excluding hydrogens is 488 g/mol. The molecule has 3 aromatic carbocycles. The number of anilines is 1. The molecule has 198 valence electrons. The van der Waals surface area contributed by atoms with Crippen molar-refractivity contribution in [2.45, 2.75) is 52.2 Å². The van der Waals surface area contributed by atoms with Gasteiger partial charge in [-0.25, -0.2) is 4.98 Å². The zero-order valence-electron chi connectivity index (χ0n) is 22.3. The van der Waals surface area contributed by atoms with Gasteiger partial charge in [0.25, 0.3) is 0 Å². The third-order valence-electron chi connectivity index (χ3n) is 7.69. The van der Waals surface area contributed by atoms with Crippen molar-refractivity contribution >= 4 is 33.5 Å². The first-order chi connectivity index (χ1) is 19.0. The van der Waals surface area contributed by atoms with E-state index in [9.17, 15) is 4.79 Å². The second-order valence-electron chi connectivity index (χ2n) is 10.2. The number of ether oxygens (including phenoxy) is 2. The zero-order chi connectivity index (χ0) is 26.9. The van der Waals surface area contributed by atoms with E-state index < -0.39 is 0 Å². The first-order valence-corrected chi connectivity index (χ1v) is 13.5. The normalized spacial score (nSPS) is 13.5. The van der Waals surface area contributed by atoms with E-state index in [4.69, 9.17) is 20.3 Å². The van der Waals surface area contributed by atoms with E-state index in [2.05, 4.69) is 46.1 Å². The summed E-state index contributed by atoms with van der Waals surface area (Å²) in [6, 6.07) is 21.0. The second kappa shape index (κ2) is 10.4. The van der Waals surface area contributed by atoms with Crippen LogP contribution in [-0.4, -0.2) is 27.3 Å². The first-order valence-electron chi connectivity index (χ1n) is 13.5. The number of carbonyl (C=O) groups is 1. The average molecular weight is 521 g/mol. The Bertz CT molecular complexity index is 1690. The number of aryl methyl sites for hydroxylation is 1. The Labute approximate surface area is 227 Å². The van der Waals surface area contributed by atoms with Crippen LogP contribution in [0.25, 0.3) is 32.8 Å². The molecule has 1 fully saturated rings. The van der Waals surface area contributed by atoms with Gasteiger partial charge in [-0.3, -0.25) is 9.48 Å². The Kier molecular flexibility index (Phi) is 6.65. The highest BCUT2D eigenvalue weighted by atomic mass is 16.5. The van der Waals surface area contributed by atoms with Crippen LogP contribution in [0.4, 0.5) is 5.82 Å². The number of pyridine rings is 1. The lowest BCUT2D eigenvalue weighted by molar-refractivity contribution is -0.142. The maximum absolute atomic E-state index is 12.3. The van der Waals surface area contributed by atoms with Crippen LogP contribution < -0.4 is 10.5 Å². The van der Waals surface area contributed by atoms with Gasteiger partial charge in [0, 0.05) is 22.5 Å². The molecule has 1 saturated carbocycles. The summed E-state index contributed by atoms with van der Waals surface area (Å²) < 4.78 is 13.7. The minimum absolute atomic E-state index is 0.178. The number of carbonyl (C=O) groups excluding carboxylic acids is 1. The van der Waals surface area contributed by atoms with Crippen molar-refractivity contribution in [1.29, 1.82) is 0 Å². The molecule has 39 heavy (non-hydrogen) atoms. The molecule has 0 aliphatic heterocycles. The molecule has 1 aliphatic rings. The molecule has 0 amide bonds. The largest absolute Gasteiger partial charge is 0.487 e. The van der Waals surface area contributed by atoms with Crippen LogP contribution in [0.1, 0.15) is 49.0 Å². The summed E-state index contributed by atoms with van der Waals surface area (Å²) >= 11 is 0. The Hall–Kier alpha value is -4.39. The highest BCUT2D eigenvalue weighted by molar-refractivity contribution is 5.95. The van der Waals surface area contributed by atoms with Gasteiger partial charge in [-0.2, -0.15) is 5.10 Å². The van der Waals surface area contributed by atoms with Crippen LogP contribution in [-0.2, 0) is 22.6 Å². The molecule has 2 N–H and O–H groups in total. The van der Waals surface area contributed by atoms with Gasteiger partial charge in [-0.05, 0) is 85.5 Å². The Morgan fingerprint density at radius 3 is 2.62 bits per heavy atom. The predicted octanol–water partition coefficient (Wildman–Crippen LogP) is 6.55. The van der Waals surface area contributed by atoms with Crippen LogP contribution in [0.2, 0.25) is 0 Å². The fourth-order valence-corrected chi connectivity index (χ4v) is 5.31. The molecule has 0 radical (unpaired) electrons. The number of aromatic nitrogens is 3. The van der Waals surface area contributed by atoms with Gasteiger partial charge < -0.3 is 15.2 Å². The monoisotopic (exact) mass is 520 g/mol. The molecular formula is C32H32N4O3. The Balaban J connectivity index is 1.37. The van der Waals surface area contributed by atoms with Crippen molar-refractivity contribution in [2.24, 2.45) is 0 Å². The van der Waals surface area contributed by atoms with Crippen molar-refractivity contribution < 1.29 is 14.3 Å². The number of benzene rings is 3. The summed E-state index contributed by atoms with van der Waals surface area (Å²) in [7, 11) is 0.